The SMILES string of the molecule is COc1cc(C2C(Cl)C(=O)N2CCN2CCN(C(=O)CCl)CC2)ccc1O. The number of methoxy groups -OCH3 is 1. The first-order chi connectivity index (χ1) is 13.0. The van der Waals surface area contributed by atoms with Gasteiger partial charge in [-0.1, -0.05) is 6.07 Å². The van der Waals surface area contributed by atoms with Gasteiger partial charge in [0.25, 0.3) is 0 Å². The van der Waals surface area contributed by atoms with Crippen molar-refractivity contribution in [3.8, 4) is 11.5 Å². The first-order valence-corrected chi connectivity index (χ1v) is 9.81. The molecule has 0 radical (unpaired) electrons. The highest BCUT2D eigenvalue weighted by molar-refractivity contribution is 6.33. The molecule has 3 rings (SSSR count). The van der Waals surface area contributed by atoms with Gasteiger partial charge in [0, 0.05) is 39.3 Å². The highest BCUT2D eigenvalue weighted by Crippen LogP contribution is 2.41. The Morgan fingerprint density at radius 2 is 1.96 bits per heavy atom. The van der Waals surface area contributed by atoms with Crippen LogP contribution in [0.25, 0.3) is 0 Å². The van der Waals surface area contributed by atoms with E-state index in [2.05, 4.69) is 4.90 Å². The number of alkyl halides is 2. The van der Waals surface area contributed by atoms with Crippen molar-refractivity contribution in [2.75, 3.05) is 52.3 Å². The molecule has 2 unspecified atom stereocenters. The predicted octanol–water partition coefficient (Wildman–Crippen LogP) is 1.27. The Morgan fingerprint density at radius 1 is 1.26 bits per heavy atom. The molecule has 1 aromatic carbocycles. The van der Waals surface area contributed by atoms with Gasteiger partial charge < -0.3 is 19.6 Å². The molecule has 148 valence electrons. The fraction of sp³-hybridized carbons (Fsp3) is 0.556. The van der Waals surface area contributed by atoms with Crippen LogP contribution >= 0.6 is 23.2 Å². The zero-order chi connectivity index (χ0) is 19.6. The molecule has 2 aliphatic rings. The molecular weight excluding hydrogens is 393 g/mol. The second-order valence-electron chi connectivity index (χ2n) is 6.67. The molecule has 2 fully saturated rings. The monoisotopic (exact) mass is 415 g/mol. The standard InChI is InChI=1S/C18H23Cl2N3O4/c1-27-14-10-12(2-3-13(14)24)17-16(20)18(26)23(17)9-6-21-4-7-22(8-5-21)15(25)11-19/h2-3,10,16-17,24H,4-9,11H2,1H3. The van der Waals surface area contributed by atoms with E-state index in [1.807, 2.05) is 0 Å². The van der Waals surface area contributed by atoms with Gasteiger partial charge in [-0.3, -0.25) is 14.5 Å². The molecule has 2 heterocycles. The molecule has 0 saturated carbocycles. The molecular formula is C18H23Cl2N3O4. The maximum atomic E-state index is 12.2. The number of piperazine rings is 1. The van der Waals surface area contributed by atoms with Crippen molar-refractivity contribution in [1.29, 1.82) is 0 Å². The molecule has 2 amide bonds. The molecule has 1 aromatic rings. The molecule has 7 nitrogen and oxygen atoms in total. The molecule has 27 heavy (non-hydrogen) atoms. The van der Waals surface area contributed by atoms with Crippen LogP contribution in [0.5, 0.6) is 11.5 Å². The third-order valence-electron chi connectivity index (χ3n) is 5.17. The average Bonchev–Trinajstić information content (AvgIpc) is 2.71. The Labute approximate surface area is 168 Å². The van der Waals surface area contributed by atoms with E-state index in [-0.39, 0.29) is 29.5 Å². The summed E-state index contributed by atoms with van der Waals surface area (Å²) in [6.07, 6.45) is 0. The van der Waals surface area contributed by atoms with Gasteiger partial charge in [-0.05, 0) is 17.7 Å². The number of phenols is 1. The summed E-state index contributed by atoms with van der Waals surface area (Å²) in [6.45, 7) is 4.08. The van der Waals surface area contributed by atoms with Crippen molar-refractivity contribution in [2.24, 2.45) is 0 Å². The number of halogens is 2. The summed E-state index contributed by atoms with van der Waals surface area (Å²) >= 11 is 11.9. The summed E-state index contributed by atoms with van der Waals surface area (Å²) in [5, 5.41) is 9.15. The lowest BCUT2D eigenvalue weighted by Crippen LogP contribution is -2.58. The molecule has 9 heteroatoms. The second-order valence-corrected chi connectivity index (χ2v) is 7.40. The maximum absolute atomic E-state index is 12.2. The summed E-state index contributed by atoms with van der Waals surface area (Å²) in [6, 6.07) is 4.78. The molecule has 1 N–H and O–H groups in total. The lowest BCUT2D eigenvalue weighted by molar-refractivity contribution is -0.145. The third kappa shape index (κ3) is 4.10. The summed E-state index contributed by atoms with van der Waals surface area (Å²) in [4.78, 5) is 29.6. The molecule has 0 aromatic heterocycles. The van der Waals surface area contributed by atoms with Gasteiger partial charge >= 0.3 is 0 Å². The molecule has 0 bridgehead atoms. The van der Waals surface area contributed by atoms with Gasteiger partial charge in [-0.25, -0.2) is 0 Å². The minimum Gasteiger partial charge on any atom is -0.504 e. The number of phenolic OH excluding ortho intramolecular Hbond substituents is 1. The van der Waals surface area contributed by atoms with E-state index in [4.69, 9.17) is 27.9 Å². The first-order valence-electron chi connectivity index (χ1n) is 8.83. The number of carbonyl (C=O) groups is 2. The van der Waals surface area contributed by atoms with Crippen LogP contribution in [0.4, 0.5) is 0 Å². The topological polar surface area (TPSA) is 73.3 Å². The third-order valence-corrected chi connectivity index (χ3v) is 5.83. The Balaban J connectivity index is 1.58. The van der Waals surface area contributed by atoms with E-state index < -0.39 is 5.38 Å². The number of amides is 2. The largest absolute Gasteiger partial charge is 0.504 e. The van der Waals surface area contributed by atoms with Crippen LogP contribution in [0.2, 0.25) is 0 Å². The number of benzene rings is 1. The van der Waals surface area contributed by atoms with E-state index in [0.29, 0.717) is 31.9 Å². The number of β-lactam (4-membered cyclic amide) rings is 1. The van der Waals surface area contributed by atoms with Crippen LogP contribution in [0.3, 0.4) is 0 Å². The van der Waals surface area contributed by atoms with Crippen LogP contribution in [0.1, 0.15) is 11.6 Å². The second kappa shape index (κ2) is 8.54. The van der Waals surface area contributed by atoms with Crippen LogP contribution in [0.15, 0.2) is 18.2 Å². The van der Waals surface area contributed by atoms with Crippen LogP contribution in [-0.2, 0) is 9.59 Å². The molecule has 2 saturated heterocycles. The van der Waals surface area contributed by atoms with E-state index in [9.17, 15) is 14.7 Å². The number of aromatic hydroxyl groups is 1. The van der Waals surface area contributed by atoms with Crippen LogP contribution in [0, 0.1) is 0 Å². The van der Waals surface area contributed by atoms with Crippen molar-refractivity contribution in [3.05, 3.63) is 23.8 Å². The minimum absolute atomic E-state index is 0.0111. The summed E-state index contributed by atoms with van der Waals surface area (Å²) in [7, 11) is 1.48. The number of nitrogens with zero attached hydrogens (tertiary/aromatic N) is 3. The maximum Gasteiger partial charge on any atom is 0.243 e. The smallest absolute Gasteiger partial charge is 0.243 e. The van der Waals surface area contributed by atoms with Gasteiger partial charge in [-0.15, -0.1) is 23.2 Å². The Kier molecular flexibility index (Phi) is 6.34. The van der Waals surface area contributed by atoms with E-state index in [1.165, 1.54) is 7.11 Å². The van der Waals surface area contributed by atoms with Gasteiger partial charge in [0.2, 0.25) is 11.8 Å². The zero-order valence-electron chi connectivity index (χ0n) is 15.1. The van der Waals surface area contributed by atoms with Crippen molar-refractivity contribution >= 4 is 35.0 Å². The van der Waals surface area contributed by atoms with E-state index >= 15 is 0 Å². The van der Waals surface area contributed by atoms with E-state index in [1.54, 1.807) is 28.0 Å². The number of ether oxygens (including phenoxy) is 1. The van der Waals surface area contributed by atoms with Gasteiger partial charge in [0.15, 0.2) is 11.5 Å². The lowest BCUT2D eigenvalue weighted by atomic mass is 9.93. The molecule has 2 atom stereocenters. The van der Waals surface area contributed by atoms with Crippen molar-refractivity contribution in [1.82, 2.24) is 14.7 Å². The number of hydrogen-bond donors (Lipinski definition) is 1. The highest BCUT2D eigenvalue weighted by Gasteiger charge is 2.47. The Morgan fingerprint density at radius 3 is 2.59 bits per heavy atom. The molecule has 0 spiro atoms. The zero-order valence-corrected chi connectivity index (χ0v) is 16.6. The fourth-order valence-corrected chi connectivity index (χ4v) is 4.11. The normalized spacial score (nSPS) is 23.3. The summed E-state index contributed by atoms with van der Waals surface area (Å²) < 4.78 is 5.15. The first kappa shape index (κ1) is 20.0. The lowest BCUT2D eigenvalue weighted by Gasteiger charge is -2.46. The van der Waals surface area contributed by atoms with Crippen molar-refractivity contribution in [3.63, 3.8) is 0 Å². The van der Waals surface area contributed by atoms with Gasteiger partial charge in [0.05, 0.1) is 13.2 Å². The summed E-state index contributed by atoms with van der Waals surface area (Å²) in [5.41, 5.74) is 0.835. The number of rotatable bonds is 6. The van der Waals surface area contributed by atoms with Crippen LogP contribution in [-0.4, -0.2) is 89.3 Å². The summed E-state index contributed by atoms with van der Waals surface area (Å²) in [5.74, 6) is 0.284. The molecule has 2 aliphatic heterocycles. The van der Waals surface area contributed by atoms with Crippen molar-refractivity contribution in [2.45, 2.75) is 11.4 Å². The van der Waals surface area contributed by atoms with Gasteiger partial charge in [-0.2, -0.15) is 0 Å². The molecule has 0 aliphatic carbocycles. The predicted molar refractivity (Wildman–Crippen MR) is 102 cm³/mol. The van der Waals surface area contributed by atoms with Crippen molar-refractivity contribution < 1.29 is 19.4 Å². The Bertz CT molecular complexity index is 710. The minimum atomic E-state index is -0.613. The van der Waals surface area contributed by atoms with E-state index in [0.717, 1.165) is 18.7 Å². The number of likely N-dealkylation sites (tertiary alicyclic amines) is 1. The quantitative estimate of drug-likeness (QED) is 0.559. The van der Waals surface area contributed by atoms with Gasteiger partial charge in [0.1, 0.15) is 11.3 Å². The fourth-order valence-electron chi connectivity index (χ4n) is 3.54. The average molecular weight is 416 g/mol. The van der Waals surface area contributed by atoms with Crippen LogP contribution < -0.4 is 4.74 Å². The highest BCUT2D eigenvalue weighted by atomic mass is 35.5. The number of hydrogen-bond acceptors (Lipinski definition) is 5. The number of carbonyl (C=O) groups excluding carboxylic acids is 2. The Hall–Kier alpha value is -1.70.